The summed E-state index contributed by atoms with van der Waals surface area (Å²) in [6.07, 6.45) is 0. The highest BCUT2D eigenvalue weighted by molar-refractivity contribution is 7.80. The van der Waals surface area contributed by atoms with Gasteiger partial charge in [0.25, 0.3) is 0 Å². The molecule has 0 amide bonds. The molecule has 2 N–H and O–H groups in total. The smallest absolute Gasteiger partial charge is 0.170 e. The zero-order chi connectivity index (χ0) is 9.84. The molecule has 70 valence electrons. The summed E-state index contributed by atoms with van der Waals surface area (Å²) in [5, 5.41) is 7.23. The fourth-order valence-electron chi connectivity index (χ4n) is 0.952. The van der Waals surface area contributed by atoms with Crippen molar-refractivity contribution in [1.29, 1.82) is 0 Å². The summed E-state index contributed by atoms with van der Waals surface area (Å²) in [6.45, 7) is 1.98. The van der Waals surface area contributed by atoms with Gasteiger partial charge in [-0.3, -0.25) is 0 Å². The Balaban J connectivity index is 2.83. The van der Waals surface area contributed by atoms with Crippen LogP contribution in [0.25, 0.3) is 0 Å². The maximum absolute atomic E-state index is 5.81. The molecule has 13 heavy (non-hydrogen) atoms. The number of hydrogen-bond acceptors (Lipinski definition) is 1. The van der Waals surface area contributed by atoms with Gasteiger partial charge in [-0.2, -0.15) is 0 Å². The zero-order valence-corrected chi connectivity index (χ0v) is 9.09. The number of hydrogen-bond donors (Lipinski definition) is 2. The van der Waals surface area contributed by atoms with Crippen LogP contribution in [0.1, 0.15) is 5.56 Å². The number of thiocarbonyl (C=S) groups is 1. The van der Waals surface area contributed by atoms with E-state index in [0.717, 1.165) is 16.3 Å². The van der Waals surface area contributed by atoms with E-state index in [2.05, 4.69) is 10.6 Å². The second kappa shape index (κ2) is 4.44. The Labute approximate surface area is 88.3 Å². The fraction of sp³-hybridized carbons (Fsp3) is 0.222. The summed E-state index contributed by atoms with van der Waals surface area (Å²) >= 11 is 10.8. The Morgan fingerprint density at radius 1 is 1.46 bits per heavy atom. The van der Waals surface area contributed by atoms with Gasteiger partial charge in [-0.05, 0) is 42.9 Å². The number of halogens is 1. The molecule has 0 bridgehead atoms. The summed E-state index contributed by atoms with van der Waals surface area (Å²) in [5.41, 5.74) is 2.05. The van der Waals surface area contributed by atoms with E-state index in [1.165, 1.54) is 0 Å². The molecule has 0 spiro atoms. The van der Waals surface area contributed by atoms with E-state index in [1.54, 1.807) is 7.05 Å². The van der Waals surface area contributed by atoms with Crippen molar-refractivity contribution >= 4 is 34.6 Å². The van der Waals surface area contributed by atoms with E-state index in [4.69, 9.17) is 23.8 Å². The van der Waals surface area contributed by atoms with Crippen LogP contribution >= 0.6 is 23.8 Å². The minimum atomic E-state index is 0.602. The van der Waals surface area contributed by atoms with E-state index in [0.29, 0.717) is 5.11 Å². The Bertz CT molecular complexity index is 325. The number of aryl methyl sites for hydroxylation is 1. The van der Waals surface area contributed by atoms with Crippen molar-refractivity contribution in [3.63, 3.8) is 0 Å². The first-order valence-corrected chi connectivity index (χ1v) is 4.67. The third-order valence-electron chi connectivity index (χ3n) is 1.66. The molecule has 0 aliphatic rings. The minimum Gasteiger partial charge on any atom is -0.366 e. The molecule has 1 aromatic rings. The van der Waals surface area contributed by atoms with E-state index < -0.39 is 0 Å². The van der Waals surface area contributed by atoms with Crippen LogP contribution in [0.2, 0.25) is 5.02 Å². The van der Waals surface area contributed by atoms with Crippen molar-refractivity contribution in [2.24, 2.45) is 0 Å². The highest BCUT2D eigenvalue weighted by atomic mass is 35.5. The highest BCUT2D eigenvalue weighted by Gasteiger charge is 1.99. The molecule has 1 aromatic carbocycles. The van der Waals surface area contributed by atoms with Gasteiger partial charge in [-0.1, -0.05) is 11.6 Å². The van der Waals surface area contributed by atoms with Gasteiger partial charge >= 0.3 is 0 Å². The molecule has 0 saturated heterocycles. The highest BCUT2D eigenvalue weighted by Crippen LogP contribution is 2.19. The lowest BCUT2D eigenvalue weighted by Crippen LogP contribution is -2.24. The van der Waals surface area contributed by atoms with Gasteiger partial charge in [0.1, 0.15) is 0 Å². The quantitative estimate of drug-likeness (QED) is 0.703. The second-order valence-electron chi connectivity index (χ2n) is 2.66. The summed E-state index contributed by atoms with van der Waals surface area (Å²) in [6, 6.07) is 5.62. The molecular weight excluding hydrogens is 204 g/mol. The molecule has 1 rings (SSSR count). The first-order valence-electron chi connectivity index (χ1n) is 3.88. The van der Waals surface area contributed by atoms with Crippen LogP contribution in [0.5, 0.6) is 0 Å². The van der Waals surface area contributed by atoms with Gasteiger partial charge in [-0.15, -0.1) is 0 Å². The topological polar surface area (TPSA) is 24.1 Å². The van der Waals surface area contributed by atoms with Crippen LogP contribution in [0, 0.1) is 6.92 Å². The van der Waals surface area contributed by atoms with Crippen molar-refractivity contribution in [1.82, 2.24) is 5.32 Å². The first-order chi connectivity index (χ1) is 6.13. The summed E-state index contributed by atoms with van der Waals surface area (Å²) in [4.78, 5) is 0. The Kier molecular flexibility index (Phi) is 3.51. The van der Waals surface area contributed by atoms with Gasteiger partial charge < -0.3 is 10.6 Å². The average Bonchev–Trinajstić information content (AvgIpc) is 2.09. The van der Waals surface area contributed by atoms with Crippen molar-refractivity contribution in [2.75, 3.05) is 12.4 Å². The third kappa shape index (κ3) is 2.86. The van der Waals surface area contributed by atoms with Crippen molar-refractivity contribution in [3.8, 4) is 0 Å². The summed E-state index contributed by atoms with van der Waals surface area (Å²) in [7, 11) is 1.78. The zero-order valence-electron chi connectivity index (χ0n) is 7.52. The monoisotopic (exact) mass is 214 g/mol. The second-order valence-corrected chi connectivity index (χ2v) is 3.51. The standard InChI is InChI=1S/C9H11ClN2S/c1-6-5-7(10)3-4-8(6)12-9(13)11-2/h3-5H,1-2H3,(H2,11,12,13). The molecule has 0 saturated carbocycles. The van der Waals surface area contributed by atoms with Gasteiger partial charge in [0, 0.05) is 17.8 Å². The SMILES string of the molecule is CNC(=S)Nc1ccc(Cl)cc1C. The first kappa shape index (κ1) is 10.3. The predicted molar refractivity (Wildman–Crippen MR) is 61.5 cm³/mol. The maximum atomic E-state index is 5.81. The summed E-state index contributed by atoms with van der Waals surface area (Å²) in [5.74, 6) is 0. The largest absolute Gasteiger partial charge is 0.366 e. The predicted octanol–water partition coefficient (Wildman–Crippen LogP) is 2.56. The van der Waals surface area contributed by atoms with Gasteiger partial charge in [0.2, 0.25) is 0 Å². The molecule has 0 heterocycles. The third-order valence-corrected chi connectivity index (χ3v) is 2.20. The molecule has 0 atom stereocenters. The Morgan fingerprint density at radius 2 is 2.15 bits per heavy atom. The lowest BCUT2D eigenvalue weighted by atomic mass is 10.2. The van der Waals surface area contributed by atoms with Crippen LogP contribution in [-0.2, 0) is 0 Å². The van der Waals surface area contributed by atoms with E-state index in [-0.39, 0.29) is 0 Å². The number of anilines is 1. The Hall–Kier alpha value is -0.800. The van der Waals surface area contributed by atoms with Crippen molar-refractivity contribution < 1.29 is 0 Å². The molecule has 2 nitrogen and oxygen atoms in total. The molecule has 0 aliphatic carbocycles. The molecule has 0 aromatic heterocycles. The van der Waals surface area contributed by atoms with Gasteiger partial charge in [-0.25, -0.2) is 0 Å². The molecule has 0 fully saturated rings. The van der Waals surface area contributed by atoms with Crippen LogP contribution in [0.15, 0.2) is 18.2 Å². The fourth-order valence-corrected chi connectivity index (χ4v) is 1.29. The maximum Gasteiger partial charge on any atom is 0.170 e. The average molecular weight is 215 g/mol. The van der Waals surface area contributed by atoms with Gasteiger partial charge in [0.05, 0.1) is 0 Å². The van der Waals surface area contributed by atoms with Crippen LogP contribution < -0.4 is 10.6 Å². The molecular formula is C9H11ClN2S. The van der Waals surface area contributed by atoms with Crippen molar-refractivity contribution in [3.05, 3.63) is 28.8 Å². The van der Waals surface area contributed by atoms with Crippen LogP contribution in [-0.4, -0.2) is 12.2 Å². The molecule has 0 unspecified atom stereocenters. The van der Waals surface area contributed by atoms with Crippen LogP contribution in [0.4, 0.5) is 5.69 Å². The number of benzene rings is 1. The number of nitrogens with one attached hydrogen (secondary N) is 2. The van der Waals surface area contributed by atoms with E-state index in [1.807, 2.05) is 25.1 Å². The van der Waals surface area contributed by atoms with Gasteiger partial charge in [0.15, 0.2) is 5.11 Å². The minimum absolute atomic E-state index is 0.602. The van der Waals surface area contributed by atoms with Crippen molar-refractivity contribution in [2.45, 2.75) is 6.92 Å². The summed E-state index contributed by atoms with van der Waals surface area (Å²) < 4.78 is 0. The molecule has 0 aliphatic heterocycles. The normalized spacial score (nSPS) is 9.46. The number of rotatable bonds is 1. The molecule has 4 heteroatoms. The Morgan fingerprint density at radius 3 is 2.69 bits per heavy atom. The lowest BCUT2D eigenvalue weighted by molar-refractivity contribution is 1.19. The van der Waals surface area contributed by atoms with E-state index in [9.17, 15) is 0 Å². The lowest BCUT2D eigenvalue weighted by Gasteiger charge is -2.09. The van der Waals surface area contributed by atoms with Crippen LogP contribution in [0.3, 0.4) is 0 Å². The van der Waals surface area contributed by atoms with E-state index >= 15 is 0 Å². The molecule has 0 radical (unpaired) electrons.